The third-order valence-electron chi connectivity index (χ3n) is 7.21. The number of H-pyrrole nitrogens is 1. The van der Waals surface area contributed by atoms with Crippen LogP contribution in [0.4, 0.5) is 0 Å². The number of pyridine rings is 2. The van der Waals surface area contributed by atoms with Crippen LogP contribution in [-0.2, 0) is 11.3 Å². The second-order valence-corrected chi connectivity index (χ2v) is 11.0. The summed E-state index contributed by atoms with van der Waals surface area (Å²) < 4.78 is 0. The number of hydrogen-bond acceptors (Lipinski definition) is 5. The van der Waals surface area contributed by atoms with Crippen LogP contribution in [-0.4, -0.2) is 51.2 Å². The monoisotopic (exact) mass is 528 g/mol. The van der Waals surface area contributed by atoms with Crippen molar-refractivity contribution in [3.05, 3.63) is 86.1 Å². The van der Waals surface area contributed by atoms with Crippen molar-refractivity contribution in [2.45, 2.75) is 46.6 Å². The minimum absolute atomic E-state index is 0.132. The van der Waals surface area contributed by atoms with E-state index in [0.717, 1.165) is 56.8 Å². The number of hydrogen-bond donors (Lipinski definition) is 1. The van der Waals surface area contributed by atoms with Crippen molar-refractivity contribution in [1.29, 1.82) is 0 Å². The van der Waals surface area contributed by atoms with Crippen molar-refractivity contribution in [2.24, 2.45) is 0 Å². The Morgan fingerprint density at radius 1 is 1.13 bits per heavy atom. The molecule has 0 spiro atoms. The summed E-state index contributed by atoms with van der Waals surface area (Å²) in [6, 6.07) is 14.0. The lowest BCUT2D eigenvalue weighted by Gasteiger charge is -2.25. The van der Waals surface area contributed by atoms with Gasteiger partial charge in [0.2, 0.25) is 5.91 Å². The molecule has 0 saturated carbocycles. The zero-order valence-electron chi connectivity index (χ0n) is 22.0. The highest BCUT2D eigenvalue weighted by Crippen LogP contribution is 2.31. The first kappa shape index (κ1) is 25.9. The number of likely N-dealkylation sites (tertiary alicyclic amines) is 1. The SMILES string of the molecule is Cc1ccc2nc(-c3cccs3)c(CN(CCCN3CCCC3=O)C(=O)c3cc(C)c(C)[nH]c3=O)cc2c1. The predicted molar refractivity (Wildman–Crippen MR) is 152 cm³/mol. The van der Waals surface area contributed by atoms with E-state index in [-0.39, 0.29) is 22.9 Å². The molecule has 0 aliphatic carbocycles. The second kappa shape index (κ2) is 10.9. The number of amides is 2. The number of rotatable bonds is 8. The molecule has 7 nitrogen and oxygen atoms in total. The predicted octanol–water partition coefficient (Wildman–Crippen LogP) is 5.23. The average molecular weight is 529 g/mol. The van der Waals surface area contributed by atoms with E-state index in [4.69, 9.17) is 4.98 Å². The first-order chi connectivity index (χ1) is 18.3. The fraction of sp³-hybridized carbons (Fsp3) is 0.333. The molecule has 2 amide bonds. The van der Waals surface area contributed by atoms with Crippen molar-refractivity contribution in [3.8, 4) is 10.6 Å². The minimum atomic E-state index is -0.386. The molecule has 4 heterocycles. The molecule has 0 atom stereocenters. The molecule has 1 N–H and O–H groups in total. The summed E-state index contributed by atoms with van der Waals surface area (Å²) in [6.45, 7) is 7.85. The van der Waals surface area contributed by atoms with Crippen LogP contribution in [0.3, 0.4) is 0 Å². The zero-order valence-corrected chi connectivity index (χ0v) is 22.9. The smallest absolute Gasteiger partial charge is 0.261 e. The maximum absolute atomic E-state index is 13.8. The fourth-order valence-electron chi connectivity index (χ4n) is 4.99. The van der Waals surface area contributed by atoms with Gasteiger partial charge in [-0.1, -0.05) is 17.7 Å². The average Bonchev–Trinajstić information content (AvgIpc) is 3.57. The molecule has 1 aliphatic rings. The summed E-state index contributed by atoms with van der Waals surface area (Å²) in [5.41, 5.74) is 5.17. The van der Waals surface area contributed by atoms with Crippen molar-refractivity contribution in [3.63, 3.8) is 0 Å². The Labute approximate surface area is 226 Å². The summed E-state index contributed by atoms with van der Waals surface area (Å²) in [7, 11) is 0. The van der Waals surface area contributed by atoms with Crippen LogP contribution in [0.2, 0.25) is 0 Å². The highest BCUT2D eigenvalue weighted by molar-refractivity contribution is 7.13. The molecule has 0 bridgehead atoms. The van der Waals surface area contributed by atoms with E-state index in [1.54, 1.807) is 22.3 Å². The van der Waals surface area contributed by atoms with Crippen molar-refractivity contribution < 1.29 is 9.59 Å². The van der Waals surface area contributed by atoms with E-state index in [1.807, 2.05) is 49.3 Å². The van der Waals surface area contributed by atoms with Crippen LogP contribution in [0.15, 0.2) is 52.6 Å². The lowest BCUT2D eigenvalue weighted by molar-refractivity contribution is -0.127. The lowest BCUT2D eigenvalue weighted by atomic mass is 10.0. The second-order valence-electron chi connectivity index (χ2n) is 10.1. The van der Waals surface area contributed by atoms with Gasteiger partial charge >= 0.3 is 0 Å². The van der Waals surface area contributed by atoms with Gasteiger partial charge in [-0.2, -0.15) is 0 Å². The number of aryl methyl sites for hydroxylation is 3. The van der Waals surface area contributed by atoms with Gasteiger partial charge < -0.3 is 14.8 Å². The Morgan fingerprint density at radius 3 is 2.71 bits per heavy atom. The lowest BCUT2D eigenvalue weighted by Crippen LogP contribution is -2.37. The Balaban J connectivity index is 1.52. The first-order valence-corrected chi connectivity index (χ1v) is 13.9. The van der Waals surface area contributed by atoms with E-state index in [1.165, 1.54) is 0 Å². The van der Waals surface area contributed by atoms with Gasteiger partial charge in [-0.05, 0) is 80.5 Å². The van der Waals surface area contributed by atoms with Crippen LogP contribution in [0.5, 0.6) is 0 Å². The quantitative estimate of drug-likeness (QED) is 0.339. The van der Waals surface area contributed by atoms with E-state index in [9.17, 15) is 14.4 Å². The van der Waals surface area contributed by atoms with E-state index in [0.29, 0.717) is 32.5 Å². The van der Waals surface area contributed by atoms with Crippen molar-refractivity contribution >= 4 is 34.1 Å². The third-order valence-corrected chi connectivity index (χ3v) is 8.08. The van der Waals surface area contributed by atoms with Crippen LogP contribution in [0.1, 0.15) is 52.0 Å². The highest BCUT2D eigenvalue weighted by atomic mass is 32.1. The topological polar surface area (TPSA) is 86.4 Å². The Morgan fingerprint density at radius 2 is 1.97 bits per heavy atom. The normalized spacial score (nSPS) is 13.4. The number of benzene rings is 1. The van der Waals surface area contributed by atoms with Gasteiger partial charge in [-0.3, -0.25) is 14.4 Å². The fourth-order valence-corrected chi connectivity index (χ4v) is 5.74. The molecule has 1 aromatic carbocycles. The molecule has 1 fully saturated rings. The van der Waals surface area contributed by atoms with Crippen LogP contribution in [0.25, 0.3) is 21.5 Å². The van der Waals surface area contributed by atoms with Gasteiger partial charge in [-0.15, -0.1) is 11.3 Å². The summed E-state index contributed by atoms with van der Waals surface area (Å²) >= 11 is 1.61. The number of nitrogens with zero attached hydrogens (tertiary/aromatic N) is 3. The van der Waals surface area contributed by atoms with Gasteiger partial charge in [0.15, 0.2) is 0 Å². The van der Waals surface area contributed by atoms with Crippen molar-refractivity contribution in [1.82, 2.24) is 19.8 Å². The molecule has 8 heteroatoms. The van der Waals surface area contributed by atoms with E-state index in [2.05, 4.69) is 23.2 Å². The number of carbonyl (C=O) groups is 2. The molecule has 1 aliphatic heterocycles. The molecule has 38 heavy (non-hydrogen) atoms. The maximum Gasteiger partial charge on any atom is 0.261 e. The number of aromatic nitrogens is 2. The van der Waals surface area contributed by atoms with Gasteiger partial charge in [0.05, 0.1) is 16.1 Å². The molecule has 5 rings (SSSR count). The molecule has 4 aromatic rings. The summed E-state index contributed by atoms with van der Waals surface area (Å²) in [6.07, 6.45) is 2.10. The summed E-state index contributed by atoms with van der Waals surface area (Å²) in [4.78, 5) is 51.2. The number of aromatic amines is 1. The largest absolute Gasteiger partial charge is 0.343 e. The zero-order chi connectivity index (χ0) is 26.8. The number of fused-ring (bicyclic) bond motifs is 1. The van der Waals surface area contributed by atoms with Crippen LogP contribution < -0.4 is 5.56 Å². The molecule has 0 unspecified atom stereocenters. The van der Waals surface area contributed by atoms with Crippen molar-refractivity contribution in [2.75, 3.05) is 19.6 Å². The van der Waals surface area contributed by atoms with Gasteiger partial charge in [0.25, 0.3) is 11.5 Å². The molecule has 1 saturated heterocycles. The van der Waals surface area contributed by atoms with Gasteiger partial charge in [-0.25, -0.2) is 4.98 Å². The minimum Gasteiger partial charge on any atom is -0.343 e. The standard InChI is InChI=1S/C30H32N4O3S/c1-19-9-10-25-22(15-19)17-23(28(32-25)26-7-5-14-38-26)18-34(13-6-12-33-11-4-8-27(33)35)30(37)24-16-20(2)21(3)31-29(24)36/h5,7,9-10,14-17H,4,6,8,11-13,18H2,1-3H3,(H,31,36). The number of thiophene rings is 1. The third kappa shape index (κ3) is 5.41. The molecular weight excluding hydrogens is 496 g/mol. The highest BCUT2D eigenvalue weighted by Gasteiger charge is 2.24. The Bertz CT molecular complexity index is 1560. The summed E-state index contributed by atoms with van der Waals surface area (Å²) in [5.74, 6) is -0.147. The van der Waals surface area contributed by atoms with Gasteiger partial charge in [0.1, 0.15) is 5.56 Å². The molecule has 196 valence electrons. The Hall–Kier alpha value is -3.78. The van der Waals surface area contributed by atoms with E-state index < -0.39 is 0 Å². The molecule has 0 radical (unpaired) electrons. The number of nitrogens with one attached hydrogen (secondary N) is 1. The van der Waals surface area contributed by atoms with E-state index >= 15 is 0 Å². The van der Waals surface area contributed by atoms with Crippen LogP contribution in [0, 0.1) is 20.8 Å². The molecular formula is C30H32N4O3S. The first-order valence-electron chi connectivity index (χ1n) is 13.0. The molecule has 3 aromatic heterocycles. The summed E-state index contributed by atoms with van der Waals surface area (Å²) in [5, 5.41) is 3.03. The maximum atomic E-state index is 13.8. The van der Waals surface area contributed by atoms with Gasteiger partial charge in [0, 0.05) is 43.7 Å². The number of carbonyl (C=O) groups excluding carboxylic acids is 2. The Kier molecular flexibility index (Phi) is 7.42. The van der Waals surface area contributed by atoms with Crippen LogP contribution >= 0.6 is 11.3 Å².